The summed E-state index contributed by atoms with van der Waals surface area (Å²) in [5.41, 5.74) is 1.44. The third kappa shape index (κ3) is 7.34. The van der Waals surface area contributed by atoms with Crippen molar-refractivity contribution in [2.45, 2.75) is 45.6 Å². The maximum atomic E-state index is 3.55. The Bertz CT molecular complexity index is 310. The molecule has 0 heterocycles. The van der Waals surface area contributed by atoms with Crippen molar-refractivity contribution in [3.8, 4) is 0 Å². The lowest BCUT2D eigenvalue weighted by Crippen LogP contribution is -2.30. The van der Waals surface area contributed by atoms with Gasteiger partial charge in [-0.1, -0.05) is 44.2 Å². The van der Waals surface area contributed by atoms with E-state index in [1.807, 2.05) is 0 Å². The molecule has 0 amide bonds. The van der Waals surface area contributed by atoms with E-state index in [2.05, 4.69) is 61.4 Å². The molecule has 0 fully saturated rings. The first-order valence-corrected chi connectivity index (χ1v) is 7.72. The fourth-order valence-electron chi connectivity index (χ4n) is 2.42. The Morgan fingerprint density at radius 2 is 1.84 bits per heavy atom. The smallest absolute Gasteiger partial charge is 0.00647 e. The zero-order chi connectivity index (χ0) is 13.9. The molecule has 0 radical (unpaired) electrons. The highest BCUT2D eigenvalue weighted by molar-refractivity contribution is 5.14. The number of benzene rings is 1. The van der Waals surface area contributed by atoms with Gasteiger partial charge in [-0.25, -0.2) is 0 Å². The van der Waals surface area contributed by atoms with Gasteiger partial charge in [0.05, 0.1) is 0 Å². The van der Waals surface area contributed by atoms with Crippen LogP contribution in [0, 0.1) is 0 Å². The van der Waals surface area contributed by atoms with E-state index in [1.54, 1.807) is 0 Å². The minimum atomic E-state index is 0.701. The van der Waals surface area contributed by atoms with Gasteiger partial charge in [0.2, 0.25) is 0 Å². The summed E-state index contributed by atoms with van der Waals surface area (Å²) in [7, 11) is 2.23. The Kier molecular flexibility index (Phi) is 8.52. The Balaban J connectivity index is 2.12. The summed E-state index contributed by atoms with van der Waals surface area (Å²) in [6.07, 6.45) is 4.97. The largest absolute Gasteiger partial charge is 0.314 e. The van der Waals surface area contributed by atoms with Gasteiger partial charge in [0.1, 0.15) is 0 Å². The number of likely N-dealkylation sites (N-methyl/N-ethyl adjacent to an activating group) is 1. The van der Waals surface area contributed by atoms with Crippen LogP contribution >= 0.6 is 0 Å². The van der Waals surface area contributed by atoms with Crippen LogP contribution in [-0.4, -0.2) is 37.6 Å². The van der Waals surface area contributed by atoms with Gasteiger partial charge in [0, 0.05) is 12.6 Å². The lowest BCUT2D eigenvalue weighted by Gasteiger charge is -2.19. The first-order valence-electron chi connectivity index (χ1n) is 7.72. The molecule has 108 valence electrons. The van der Waals surface area contributed by atoms with E-state index < -0.39 is 0 Å². The van der Waals surface area contributed by atoms with E-state index in [4.69, 9.17) is 0 Å². The molecule has 19 heavy (non-hydrogen) atoms. The number of rotatable bonds is 10. The first kappa shape index (κ1) is 16.2. The number of hydrogen-bond donors (Lipinski definition) is 1. The molecule has 2 nitrogen and oxygen atoms in total. The molecule has 1 aromatic carbocycles. The molecule has 0 saturated carbocycles. The van der Waals surface area contributed by atoms with Gasteiger partial charge in [0.25, 0.3) is 0 Å². The first-order chi connectivity index (χ1) is 9.26. The van der Waals surface area contributed by atoms with Crippen molar-refractivity contribution < 1.29 is 0 Å². The van der Waals surface area contributed by atoms with E-state index in [-0.39, 0.29) is 0 Å². The van der Waals surface area contributed by atoms with Gasteiger partial charge >= 0.3 is 0 Å². The van der Waals surface area contributed by atoms with Gasteiger partial charge < -0.3 is 10.2 Å². The fourth-order valence-corrected chi connectivity index (χ4v) is 2.42. The second-order valence-corrected chi connectivity index (χ2v) is 5.34. The maximum absolute atomic E-state index is 3.55. The summed E-state index contributed by atoms with van der Waals surface area (Å²) in [5, 5.41) is 3.55. The van der Waals surface area contributed by atoms with Crippen molar-refractivity contribution in [2.75, 3.05) is 26.7 Å². The topological polar surface area (TPSA) is 15.3 Å². The van der Waals surface area contributed by atoms with Crippen molar-refractivity contribution in [1.29, 1.82) is 0 Å². The van der Waals surface area contributed by atoms with Gasteiger partial charge in [0.15, 0.2) is 0 Å². The highest BCUT2D eigenvalue weighted by atomic mass is 15.1. The molecule has 1 unspecified atom stereocenters. The van der Waals surface area contributed by atoms with E-state index in [9.17, 15) is 0 Å². The molecule has 1 aromatic rings. The molecule has 0 bridgehead atoms. The quantitative estimate of drug-likeness (QED) is 0.696. The van der Waals surface area contributed by atoms with Crippen LogP contribution in [0.25, 0.3) is 0 Å². The molecular formula is C17H30N2. The minimum absolute atomic E-state index is 0.701. The average Bonchev–Trinajstić information content (AvgIpc) is 2.45. The van der Waals surface area contributed by atoms with Crippen molar-refractivity contribution in [3.05, 3.63) is 35.9 Å². The Hall–Kier alpha value is -0.860. The van der Waals surface area contributed by atoms with Crippen LogP contribution in [0.5, 0.6) is 0 Å². The van der Waals surface area contributed by atoms with Crippen LogP contribution in [0.1, 0.15) is 38.7 Å². The predicted octanol–water partition coefficient (Wildman–Crippen LogP) is 3.33. The van der Waals surface area contributed by atoms with Crippen molar-refractivity contribution >= 4 is 0 Å². The molecule has 2 heteroatoms. The van der Waals surface area contributed by atoms with Crippen LogP contribution in [0.4, 0.5) is 0 Å². The summed E-state index contributed by atoms with van der Waals surface area (Å²) in [6.45, 7) is 7.90. The Labute approximate surface area is 119 Å². The second kappa shape index (κ2) is 9.99. The molecule has 0 spiro atoms. The Morgan fingerprint density at radius 1 is 1.11 bits per heavy atom. The average molecular weight is 262 g/mol. The zero-order valence-corrected chi connectivity index (χ0v) is 12.9. The van der Waals surface area contributed by atoms with Gasteiger partial charge in [-0.2, -0.15) is 0 Å². The second-order valence-electron chi connectivity index (χ2n) is 5.34. The molecule has 1 rings (SSSR count). The number of hydrogen-bond acceptors (Lipinski definition) is 2. The van der Waals surface area contributed by atoms with Gasteiger partial charge in [-0.15, -0.1) is 0 Å². The van der Waals surface area contributed by atoms with Crippen molar-refractivity contribution in [2.24, 2.45) is 0 Å². The summed E-state index contributed by atoms with van der Waals surface area (Å²) < 4.78 is 0. The monoisotopic (exact) mass is 262 g/mol. The fraction of sp³-hybridized carbons (Fsp3) is 0.647. The Morgan fingerprint density at radius 3 is 2.47 bits per heavy atom. The lowest BCUT2D eigenvalue weighted by atomic mass is 10.1. The molecule has 0 aliphatic rings. The van der Waals surface area contributed by atoms with E-state index >= 15 is 0 Å². The third-order valence-electron chi connectivity index (χ3n) is 3.70. The lowest BCUT2D eigenvalue weighted by molar-refractivity contribution is 0.318. The highest BCUT2D eigenvalue weighted by Crippen LogP contribution is 2.04. The summed E-state index contributed by atoms with van der Waals surface area (Å²) in [4.78, 5) is 2.45. The van der Waals surface area contributed by atoms with Crippen LogP contribution in [0.3, 0.4) is 0 Å². The maximum Gasteiger partial charge on any atom is 0.00647 e. The van der Waals surface area contributed by atoms with Gasteiger partial charge in [-0.05, 0) is 51.4 Å². The minimum Gasteiger partial charge on any atom is -0.314 e. The van der Waals surface area contributed by atoms with Crippen molar-refractivity contribution in [3.63, 3.8) is 0 Å². The molecule has 0 aromatic heterocycles. The summed E-state index contributed by atoms with van der Waals surface area (Å²) in [5.74, 6) is 0. The standard InChI is InChI=1S/C17H30N2/c1-4-17(18-5-2)12-9-14-19(3)15-13-16-10-7-6-8-11-16/h6-8,10-11,17-18H,4-5,9,12-15H2,1-3H3. The predicted molar refractivity (Wildman–Crippen MR) is 84.6 cm³/mol. The molecule has 1 atom stereocenters. The molecule has 0 aliphatic heterocycles. The SMILES string of the molecule is CCNC(CC)CCCN(C)CCc1ccccc1. The van der Waals surface area contributed by atoms with E-state index in [1.165, 1.54) is 31.4 Å². The normalized spacial score (nSPS) is 12.8. The highest BCUT2D eigenvalue weighted by Gasteiger charge is 2.05. The summed E-state index contributed by atoms with van der Waals surface area (Å²) >= 11 is 0. The zero-order valence-electron chi connectivity index (χ0n) is 12.9. The van der Waals surface area contributed by atoms with E-state index in [0.29, 0.717) is 6.04 Å². The van der Waals surface area contributed by atoms with Crippen LogP contribution < -0.4 is 5.32 Å². The van der Waals surface area contributed by atoms with Crippen LogP contribution in [-0.2, 0) is 6.42 Å². The van der Waals surface area contributed by atoms with Gasteiger partial charge in [-0.3, -0.25) is 0 Å². The summed E-state index contributed by atoms with van der Waals surface area (Å²) in [6, 6.07) is 11.5. The third-order valence-corrected chi connectivity index (χ3v) is 3.70. The van der Waals surface area contributed by atoms with Crippen molar-refractivity contribution in [1.82, 2.24) is 10.2 Å². The molecular weight excluding hydrogens is 232 g/mol. The molecule has 1 N–H and O–H groups in total. The van der Waals surface area contributed by atoms with Crippen LogP contribution in [0.15, 0.2) is 30.3 Å². The number of nitrogens with one attached hydrogen (secondary N) is 1. The number of nitrogens with zero attached hydrogens (tertiary/aromatic N) is 1. The molecule has 0 saturated heterocycles. The molecule has 0 aliphatic carbocycles. The van der Waals surface area contributed by atoms with E-state index in [0.717, 1.165) is 19.5 Å². The van der Waals surface area contributed by atoms with Crippen LogP contribution in [0.2, 0.25) is 0 Å².